The zero-order chi connectivity index (χ0) is 13.9. The van der Waals surface area contributed by atoms with Gasteiger partial charge in [0.2, 0.25) is 0 Å². The van der Waals surface area contributed by atoms with Crippen LogP contribution in [0.4, 0.5) is 0 Å². The summed E-state index contributed by atoms with van der Waals surface area (Å²) in [5.41, 5.74) is 7.58. The summed E-state index contributed by atoms with van der Waals surface area (Å²) in [6.07, 6.45) is 3.89. The van der Waals surface area contributed by atoms with Crippen molar-refractivity contribution in [2.75, 3.05) is 5.75 Å². The zero-order valence-corrected chi connectivity index (χ0v) is 12.2. The normalized spacial score (nSPS) is 12.7. The molecule has 0 spiro atoms. The molecular weight excluding hydrogens is 266 g/mol. The molecule has 102 valence electrons. The third-order valence-corrected chi connectivity index (χ3v) is 4.40. The quantitative estimate of drug-likeness (QED) is 0.747. The fourth-order valence-corrected chi connectivity index (χ4v) is 3.22. The highest BCUT2D eigenvalue weighted by Crippen LogP contribution is 2.27. The summed E-state index contributed by atoms with van der Waals surface area (Å²) >= 11 is 1.74. The van der Waals surface area contributed by atoms with Gasteiger partial charge in [0.1, 0.15) is 0 Å². The van der Waals surface area contributed by atoms with Gasteiger partial charge in [0.05, 0.1) is 6.20 Å². The molecule has 0 amide bonds. The molecule has 1 atom stereocenters. The van der Waals surface area contributed by atoms with Crippen LogP contribution in [0.3, 0.4) is 0 Å². The second kappa shape index (κ2) is 5.69. The number of nitrogens with zero attached hydrogens (tertiary/aromatic N) is 2. The molecule has 1 unspecified atom stereocenters. The molecule has 0 aliphatic rings. The van der Waals surface area contributed by atoms with Crippen LogP contribution < -0.4 is 5.73 Å². The van der Waals surface area contributed by atoms with Crippen molar-refractivity contribution in [3.63, 3.8) is 0 Å². The van der Waals surface area contributed by atoms with Gasteiger partial charge in [0.25, 0.3) is 0 Å². The van der Waals surface area contributed by atoms with Gasteiger partial charge in [-0.15, -0.1) is 11.8 Å². The van der Waals surface area contributed by atoms with E-state index in [1.165, 1.54) is 16.3 Å². The minimum absolute atomic E-state index is 0.0197. The number of aryl methyl sites for hydroxylation is 1. The first kappa shape index (κ1) is 13.2. The van der Waals surface area contributed by atoms with E-state index in [9.17, 15) is 0 Å². The van der Waals surface area contributed by atoms with Crippen LogP contribution >= 0.6 is 11.8 Å². The Bertz CT molecular complexity index is 715. The van der Waals surface area contributed by atoms with Crippen LogP contribution in [0.25, 0.3) is 10.8 Å². The number of aromatic nitrogens is 2. The summed E-state index contributed by atoms with van der Waals surface area (Å²) in [5, 5.41) is 6.66. The highest BCUT2D eigenvalue weighted by Gasteiger charge is 2.10. The lowest BCUT2D eigenvalue weighted by Gasteiger charge is -2.14. The van der Waals surface area contributed by atoms with E-state index in [-0.39, 0.29) is 6.04 Å². The average molecular weight is 283 g/mol. The van der Waals surface area contributed by atoms with Gasteiger partial charge in [-0.1, -0.05) is 42.5 Å². The lowest BCUT2D eigenvalue weighted by Crippen LogP contribution is -2.13. The fraction of sp³-hybridized carbons (Fsp3) is 0.188. The first-order valence-corrected chi connectivity index (χ1v) is 7.57. The van der Waals surface area contributed by atoms with Crippen molar-refractivity contribution in [2.24, 2.45) is 12.8 Å². The second-order valence-electron chi connectivity index (χ2n) is 4.84. The van der Waals surface area contributed by atoms with E-state index >= 15 is 0 Å². The molecule has 20 heavy (non-hydrogen) atoms. The standard InChI is InChI=1S/C16H17N3S/c1-19-10-13(9-18-19)20-11-16(17)15-8-4-6-12-5-2-3-7-14(12)15/h2-10,16H,11,17H2,1H3. The summed E-state index contributed by atoms with van der Waals surface area (Å²) in [6, 6.07) is 14.7. The van der Waals surface area contributed by atoms with E-state index < -0.39 is 0 Å². The maximum absolute atomic E-state index is 6.37. The summed E-state index contributed by atoms with van der Waals surface area (Å²) in [6.45, 7) is 0. The van der Waals surface area contributed by atoms with E-state index in [1.807, 2.05) is 24.1 Å². The summed E-state index contributed by atoms with van der Waals surface area (Å²) in [4.78, 5) is 1.16. The van der Waals surface area contributed by atoms with Crippen LogP contribution in [0.1, 0.15) is 11.6 Å². The van der Waals surface area contributed by atoms with Crippen molar-refractivity contribution in [3.05, 3.63) is 60.4 Å². The number of thioether (sulfide) groups is 1. The maximum Gasteiger partial charge on any atom is 0.0625 e. The number of hydrogen-bond donors (Lipinski definition) is 1. The molecular formula is C16H17N3S. The molecule has 1 aromatic heterocycles. The lowest BCUT2D eigenvalue weighted by molar-refractivity contribution is 0.766. The minimum atomic E-state index is 0.0197. The molecule has 0 saturated carbocycles. The Kier molecular flexibility index (Phi) is 3.76. The van der Waals surface area contributed by atoms with Crippen molar-refractivity contribution >= 4 is 22.5 Å². The van der Waals surface area contributed by atoms with Gasteiger partial charge in [-0.2, -0.15) is 5.10 Å². The molecule has 0 fully saturated rings. The van der Waals surface area contributed by atoms with Gasteiger partial charge in [-0.25, -0.2) is 0 Å². The Balaban J connectivity index is 1.80. The van der Waals surface area contributed by atoms with Crippen LogP contribution in [-0.2, 0) is 7.05 Å². The molecule has 0 radical (unpaired) electrons. The monoisotopic (exact) mass is 283 g/mol. The minimum Gasteiger partial charge on any atom is -0.323 e. The zero-order valence-electron chi connectivity index (χ0n) is 11.4. The number of hydrogen-bond acceptors (Lipinski definition) is 3. The van der Waals surface area contributed by atoms with Gasteiger partial charge in [-0.05, 0) is 16.3 Å². The topological polar surface area (TPSA) is 43.8 Å². The van der Waals surface area contributed by atoms with Crippen LogP contribution in [-0.4, -0.2) is 15.5 Å². The van der Waals surface area contributed by atoms with Gasteiger partial charge < -0.3 is 5.73 Å². The van der Waals surface area contributed by atoms with Gasteiger partial charge in [0.15, 0.2) is 0 Å². The molecule has 3 rings (SSSR count). The molecule has 2 N–H and O–H groups in total. The SMILES string of the molecule is Cn1cc(SCC(N)c2cccc3ccccc23)cn1. The molecule has 3 nitrogen and oxygen atoms in total. The maximum atomic E-state index is 6.37. The number of benzene rings is 2. The van der Waals surface area contributed by atoms with Crippen LogP contribution in [0.5, 0.6) is 0 Å². The van der Waals surface area contributed by atoms with Crippen molar-refractivity contribution in [2.45, 2.75) is 10.9 Å². The molecule has 1 heterocycles. The first-order valence-electron chi connectivity index (χ1n) is 6.59. The predicted octanol–water partition coefficient (Wildman–Crippen LogP) is 3.37. The third kappa shape index (κ3) is 2.71. The molecule has 0 aliphatic carbocycles. The highest BCUT2D eigenvalue weighted by molar-refractivity contribution is 7.99. The molecule has 2 aromatic carbocycles. The number of fused-ring (bicyclic) bond motifs is 1. The van der Waals surface area contributed by atoms with E-state index in [4.69, 9.17) is 5.73 Å². The Hall–Kier alpha value is -1.78. The molecule has 4 heteroatoms. The number of nitrogens with two attached hydrogens (primary N) is 1. The van der Waals surface area contributed by atoms with Crippen LogP contribution in [0.15, 0.2) is 59.8 Å². The molecule has 0 bridgehead atoms. The van der Waals surface area contributed by atoms with Crippen LogP contribution in [0.2, 0.25) is 0 Å². The van der Waals surface area contributed by atoms with Crippen LogP contribution in [0, 0.1) is 0 Å². The van der Waals surface area contributed by atoms with Gasteiger partial charge in [-0.3, -0.25) is 4.68 Å². The summed E-state index contributed by atoms with van der Waals surface area (Å²) in [7, 11) is 1.93. The molecule has 0 aliphatic heterocycles. The smallest absolute Gasteiger partial charge is 0.0625 e. The first-order chi connectivity index (χ1) is 9.74. The van der Waals surface area contributed by atoms with E-state index in [1.54, 1.807) is 11.8 Å². The van der Waals surface area contributed by atoms with E-state index in [0.29, 0.717) is 0 Å². The molecule has 3 aromatic rings. The number of rotatable bonds is 4. The Morgan fingerprint density at radius 3 is 2.80 bits per heavy atom. The summed E-state index contributed by atoms with van der Waals surface area (Å²) < 4.78 is 1.81. The van der Waals surface area contributed by atoms with E-state index in [0.717, 1.165) is 10.6 Å². The van der Waals surface area contributed by atoms with Gasteiger partial charge >= 0.3 is 0 Å². The van der Waals surface area contributed by atoms with Crippen molar-refractivity contribution in [3.8, 4) is 0 Å². The largest absolute Gasteiger partial charge is 0.323 e. The fourth-order valence-electron chi connectivity index (χ4n) is 2.32. The van der Waals surface area contributed by atoms with Gasteiger partial charge in [0, 0.05) is 29.9 Å². The Morgan fingerprint density at radius 1 is 1.20 bits per heavy atom. The molecule has 0 saturated heterocycles. The summed E-state index contributed by atoms with van der Waals surface area (Å²) in [5.74, 6) is 0.847. The van der Waals surface area contributed by atoms with Crippen molar-refractivity contribution < 1.29 is 0 Å². The lowest BCUT2D eigenvalue weighted by atomic mass is 10.0. The predicted molar refractivity (Wildman–Crippen MR) is 84.8 cm³/mol. The average Bonchev–Trinajstić information content (AvgIpc) is 2.90. The Morgan fingerprint density at radius 2 is 2.00 bits per heavy atom. The Labute approximate surface area is 122 Å². The van der Waals surface area contributed by atoms with Crippen molar-refractivity contribution in [1.29, 1.82) is 0 Å². The van der Waals surface area contributed by atoms with Crippen molar-refractivity contribution in [1.82, 2.24) is 9.78 Å². The van der Waals surface area contributed by atoms with E-state index in [2.05, 4.69) is 47.6 Å². The third-order valence-electron chi connectivity index (χ3n) is 3.33. The second-order valence-corrected chi connectivity index (χ2v) is 5.93. The highest BCUT2D eigenvalue weighted by atomic mass is 32.2.